The van der Waals surface area contributed by atoms with Crippen molar-refractivity contribution in [2.45, 2.75) is 112 Å². The summed E-state index contributed by atoms with van der Waals surface area (Å²) in [5.41, 5.74) is 20.3. The Kier molecular flexibility index (Phi) is 11.3. The van der Waals surface area contributed by atoms with Crippen LogP contribution in [0, 0.1) is 46.3 Å². The van der Waals surface area contributed by atoms with Gasteiger partial charge >= 0.3 is 0 Å². The number of rotatable bonds is 6. The van der Waals surface area contributed by atoms with Crippen LogP contribution >= 0.6 is 0 Å². The molecule has 226 valence electrons. The van der Waals surface area contributed by atoms with Crippen molar-refractivity contribution in [3.05, 3.63) is 42.0 Å². The molecule has 0 heterocycles. The summed E-state index contributed by atoms with van der Waals surface area (Å²) in [4.78, 5) is 0. The third kappa shape index (κ3) is 6.42. The number of nitrogen functional groups attached to an aromatic ring is 2. The van der Waals surface area contributed by atoms with Crippen molar-refractivity contribution in [3.63, 3.8) is 0 Å². The van der Waals surface area contributed by atoms with E-state index in [1.807, 2.05) is 32.0 Å². The fourth-order valence-electron chi connectivity index (χ4n) is 9.35. The van der Waals surface area contributed by atoms with E-state index in [0.29, 0.717) is 28.1 Å². The second-order valence-corrected chi connectivity index (χ2v) is 13.7. The first kappa shape index (κ1) is 32.6. The predicted molar refractivity (Wildman–Crippen MR) is 174 cm³/mol. The lowest BCUT2D eigenvalue weighted by molar-refractivity contribution is -0.0781. The molecule has 5 rings (SSSR count). The molecule has 0 radical (unpaired) electrons. The summed E-state index contributed by atoms with van der Waals surface area (Å²) in [6.07, 6.45) is 19.7. The molecular formula is C36H61N3O. The van der Waals surface area contributed by atoms with E-state index in [4.69, 9.17) is 16.2 Å². The van der Waals surface area contributed by atoms with Crippen LogP contribution < -0.4 is 21.9 Å². The zero-order chi connectivity index (χ0) is 29.7. The molecule has 0 aromatic heterocycles. The second kappa shape index (κ2) is 13.8. The third-order valence-electron chi connectivity index (χ3n) is 11.4. The molecule has 0 bridgehead atoms. The van der Waals surface area contributed by atoms with Gasteiger partial charge in [0.25, 0.3) is 0 Å². The predicted octanol–water partition coefficient (Wildman–Crippen LogP) is 9.02. The Morgan fingerprint density at radius 1 is 0.975 bits per heavy atom. The van der Waals surface area contributed by atoms with Crippen molar-refractivity contribution in [1.29, 1.82) is 0 Å². The van der Waals surface area contributed by atoms with Crippen LogP contribution in [0.15, 0.2) is 42.0 Å². The van der Waals surface area contributed by atoms with Crippen LogP contribution in [0.25, 0.3) is 0 Å². The highest BCUT2D eigenvalue weighted by molar-refractivity contribution is 5.60. The molecule has 1 aromatic carbocycles. The number of hydrogen-bond acceptors (Lipinski definition) is 4. The molecule has 3 saturated carbocycles. The van der Waals surface area contributed by atoms with Crippen molar-refractivity contribution in [1.82, 2.24) is 0 Å². The first-order valence-corrected chi connectivity index (χ1v) is 16.3. The van der Waals surface area contributed by atoms with Gasteiger partial charge in [-0.05, 0) is 143 Å². The van der Waals surface area contributed by atoms with Gasteiger partial charge in [0, 0.05) is 5.69 Å². The van der Waals surface area contributed by atoms with Crippen LogP contribution in [-0.4, -0.2) is 13.2 Å². The molecule has 4 nitrogen and oxygen atoms in total. The standard InChI is InChI=1S/C33H50N2O.C2H6.CH5N/c1-21(2)7-6-8-22(3)27-12-13-28-26-11-9-23-19-25(36-31-14-10-24(34)20-30(31)35)15-17-32(23,4)29(26)16-18-33(27,28)5;2*1-2/h7,9-11,14,20,22-23,25-29H,6,8,12-13,15-19,34-35H2,1-5H3;1-2H3;2H2,1H3. The zero-order valence-electron chi connectivity index (χ0n) is 27.0. The topological polar surface area (TPSA) is 87.3 Å². The zero-order valence-corrected chi connectivity index (χ0v) is 27.0. The number of allylic oxidation sites excluding steroid dienone is 4. The second-order valence-electron chi connectivity index (χ2n) is 13.7. The van der Waals surface area contributed by atoms with Gasteiger partial charge < -0.3 is 21.9 Å². The Morgan fingerprint density at radius 3 is 2.33 bits per heavy atom. The average Bonchev–Trinajstić information content (AvgIpc) is 3.30. The van der Waals surface area contributed by atoms with Gasteiger partial charge in [0.1, 0.15) is 5.75 Å². The number of hydrogen-bond donors (Lipinski definition) is 3. The van der Waals surface area contributed by atoms with E-state index < -0.39 is 0 Å². The van der Waals surface area contributed by atoms with Gasteiger partial charge in [0.05, 0.1) is 11.8 Å². The van der Waals surface area contributed by atoms with Crippen molar-refractivity contribution in [2.75, 3.05) is 18.5 Å². The molecule has 0 amide bonds. The molecule has 3 fully saturated rings. The lowest BCUT2D eigenvalue weighted by Gasteiger charge is -2.59. The third-order valence-corrected chi connectivity index (χ3v) is 11.4. The van der Waals surface area contributed by atoms with Gasteiger partial charge in [0.2, 0.25) is 0 Å². The Hall–Kier alpha value is -1.94. The maximum Gasteiger partial charge on any atom is 0.142 e. The van der Waals surface area contributed by atoms with Crippen LogP contribution in [0.2, 0.25) is 0 Å². The number of fused-ring (bicyclic) bond motifs is 5. The number of benzene rings is 1. The van der Waals surface area contributed by atoms with Gasteiger partial charge in [-0.25, -0.2) is 0 Å². The van der Waals surface area contributed by atoms with E-state index in [1.165, 1.54) is 57.6 Å². The highest BCUT2D eigenvalue weighted by Gasteiger charge is 2.59. The van der Waals surface area contributed by atoms with E-state index in [2.05, 4.69) is 58.6 Å². The van der Waals surface area contributed by atoms with Crippen LogP contribution in [-0.2, 0) is 0 Å². The Morgan fingerprint density at radius 2 is 1.65 bits per heavy atom. The Balaban J connectivity index is 0.00000106. The summed E-state index contributed by atoms with van der Waals surface area (Å²) in [6, 6.07) is 5.63. The molecule has 4 aliphatic rings. The monoisotopic (exact) mass is 551 g/mol. The molecule has 9 unspecified atom stereocenters. The van der Waals surface area contributed by atoms with Crippen LogP contribution in [0.1, 0.15) is 106 Å². The molecule has 0 aliphatic heterocycles. The Bertz CT molecular complexity index is 1010. The summed E-state index contributed by atoms with van der Waals surface area (Å²) in [6.45, 7) is 16.3. The summed E-state index contributed by atoms with van der Waals surface area (Å²) >= 11 is 0. The maximum absolute atomic E-state index is 6.43. The van der Waals surface area contributed by atoms with Gasteiger partial charge in [-0.15, -0.1) is 0 Å². The summed E-state index contributed by atoms with van der Waals surface area (Å²) in [5.74, 6) is 5.58. The minimum Gasteiger partial charge on any atom is -0.488 e. The Labute approximate surface area is 246 Å². The maximum atomic E-state index is 6.43. The number of ether oxygens (including phenoxy) is 1. The summed E-state index contributed by atoms with van der Waals surface area (Å²) in [7, 11) is 1.50. The lowest BCUT2D eigenvalue weighted by atomic mass is 9.46. The molecule has 40 heavy (non-hydrogen) atoms. The number of anilines is 2. The molecule has 1 aromatic rings. The highest BCUT2D eigenvalue weighted by Crippen LogP contribution is 2.67. The molecule has 4 heteroatoms. The lowest BCUT2D eigenvalue weighted by Crippen LogP contribution is -2.52. The van der Waals surface area contributed by atoms with Gasteiger partial charge in [-0.2, -0.15) is 0 Å². The quantitative estimate of drug-likeness (QED) is 0.243. The van der Waals surface area contributed by atoms with Gasteiger partial charge in [0.15, 0.2) is 0 Å². The van der Waals surface area contributed by atoms with E-state index in [9.17, 15) is 0 Å². The molecule has 0 saturated heterocycles. The molecule has 0 spiro atoms. The fourth-order valence-corrected chi connectivity index (χ4v) is 9.35. The summed E-state index contributed by atoms with van der Waals surface area (Å²) in [5, 5.41) is 0. The van der Waals surface area contributed by atoms with E-state index in [1.54, 1.807) is 0 Å². The molecule has 6 N–H and O–H groups in total. The molecular weight excluding hydrogens is 490 g/mol. The van der Waals surface area contributed by atoms with Gasteiger partial charge in [-0.1, -0.05) is 58.4 Å². The normalized spacial score (nSPS) is 36.3. The summed E-state index contributed by atoms with van der Waals surface area (Å²) < 4.78 is 6.43. The van der Waals surface area contributed by atoms with Crippen molar-refractivity contribution < 1.29 is 4.74 Å². The van der Waals surface area contributed by atoms with E-state index >= 15 is 0 Å². The SMILES string of the molecule is CC.CC(C)=CCCC(C)C1CCC2C3C=CC4CC(Oc5ccc(N)cc5N)CCC4(C)C3CCC12C.CN. The number of nitrogens with two attached hydrogens (primary N) is 3. The van der Waals surface area contributed by atoms with Crippen molar-refractivity contribution in [3.8, 4) is 5.75 Å². The first-order chi connectivity index (χ1) is 19.1. The van der Waals surface area contributed by atoms with Crippen LogP contribution in [0.4, 0.5) is 11.4 Å². The smallest absolute Gasteiger partial charge is 0.142 e. The highest BCUT2D eigenvalue weighted by atomic mass is 16.5. The average molecular weight is 552 g/mol. The first-order valence-electron chi connectivity index (χ1n) is 16.3. The van der Waals surface area contributed by atoms with Crippen molar-refractivity contribution >= 4 is 11.4 Å². The minimum absolute atomic E-state index is 0.238. The van der Waals surface area contributed by atoms with Crippen LogP contribution in [0.3, 0.4) is 0 Å². The molecule has 9 atom stereocenters. The largest absolute Gasteiger partial charge is 0.488 e. The fraction of sp³-hybridized carbons (Fsp3) is 0.722. The van der Waals surface area contributed by atoms with E-state index in [0.717, 1.165) is 48.2 Å². The van der Waals surface area contributed by atoms with E-state index in [-0.39, 0.29) is 6.10 Å². The molecule has 4 aliphatic carbocycles. The van der Waals surface area contributed by atoms with Gasteiger partial charge in [-0.3, -0.25) is 0 Å². The van der Waals surface area contributed by atoms with Crippen molar-refractivity contribution in [2.24, 2.45) is 52.1 Å². The van der Waals surface area contributed by atoms with Crippen LogP contribution in [0.5, 0.6) is 5.75 Å². The minimum atomic E-state index is 0.238.